The molecule has 0 aliphatic carbocycles. The zero-order valence-electron chi connectivity index (χ0n) is 10.9. The maximum Gasteiger partial charge on any atom is 0.165 e. The first kappa shape index (κ1) is 13.2. The van der Waals surface area contributed by atoms with Crippen molar-refractivity contribution >= 4 is 5.69 Å². The molecule has 0 atom stereocenters. The van der Waals surface area contributed by atoms with Crippen LogP contribution in [0.1, 0.15) is 5.56 Å². The number of ether oxygens (including phenoxy) is 2. The van der Waals surface area contributed by atoms with Gasteiger partial charge in [0.15, 0.2) is 11.6 Å². The van der Waals surface area contributed by atoms with Gasteiger partial charge in [-0.05, 0) is 42.0 Å². The van der Waals surface area contributed by atoms with Crippen LogP contribution in [0.4, 0.5) is 10.1 Å². The van der Waals surface area contributed by atoms with Crippen LogP contribution < -0.4 is 14.8 Å². The fourth-order valence-corrected chi connectivity index (χ4v) is 1.73. The molecule has 2 aromatic carbocycles. The summed E-state index contributed by atoms with van der Waals surface area (Å²) in [4.78, 5) is 0. The van der Waals surface area contributed by atoms with E-state index in [2.05, 4.69) is 5.32 Å². The van der Waals surface area contributed by atoms with Gasteiger partial charge >= 0.3 is 0 Å². The van der Waals surface area contributed by atoms with Crippen molar-refractivity contribution in [1.82, 2.24) is 0 Å². The highest BCUT2D eigenvalue weighted by molar-refractivity contribution is 5.47. The summed E-state index contributed by atoms with van der Waals surface area (Å²) in [7, 11) is 3.08. The Hall–Kier alpha value is -2.23. The van der Waals surface area contributed by atoms with Gasteiger partial charge in [0, 0.05) is 12.2 Å². The molecule has 0 spiro atoms. The van der Waals surface area contributed by atoms with E-state index in [-0.39, 0.29) is 11.6 Å². The maximum atomic E-state index is 13.5. The molecule has 0 radical (unpaired) electrons. The van der Waals surface area contributed by atoms with Gasteiger partial charge in [-0.2, -0.15) is 0 Å². The van der Waals surface area contributed by atoms with Crippen molar-refractivity contribution in [2.75, 3.05) is 19.5 Å². The van der Waals surface area contributed by atoms with Gasteiger partial charge in [-0.1, -0.05) is 6.07 Å². The zero-order chi connectivity index (χ0) is 13.7. The maximum absolute atomic E-state index is 13.5. The van der Waals surface area contributed by atoms with Crippen LogP contribution in [0, 0.1) is 5.82 Å². The van der Waals surface area contributed by atoms with E-state index in [0.717, 1.165) is 17.0 Å². The highest BCUT2D eigenvalue weighted by Gasteiger charge is 2.03. The van der Waals surface area contributed by atoms with Crippen LogP contribution in [-0.4, -0.2) is 14.2 Å². The van der Waals surface area contributed by atoms with Gasteiger partial charge in [0.2, 0.25) is 0 Å². The molecule has 0 bridgehead atoms. The Bertz CT molecular complexity index is 540. The topological polar surface area (TPSA) is 30.5 Å². The van der Waals surface area contributed by atoms with E-state index in [1.54, 1.807) is 13.2 Å². The van der Waals surface area contributed by atoms with Crippen molar-refractivity contribution < 1.29 is 13.9 Å². The summed E-state index contributed by atoms with van der Waals surface area (Å²) in [5.74, 6) is 0.714. The van der Waals surface area contributed by atoms with E-state index in [1.807, 2.05) is 30.3 Å². The second-order valence-electron chi connectivity index (χ2n) is 4.05. The summed E-state index contributed by atoms with van der Waals surface area (Å²) < 4.78 is 23.5. The lowest BCUT2D eigenvalue weighted by molar-refractivity contribution is 0.386. The molecule has 0 aliphatic rings. The predicted octanol–water partition coefficient (Wildman–Crippen LogP) is 3.46. The Morgan fingerprint density at radius 1 is 1.00 bits per heavy atom. The molecule has 2 rings (SSSR count). The molecule has 0 saturated carbocycles. The molecule has 19 heavy (non-hydrogen) atoms. The SMILES string of the molecule is COc1ccc(NCc2ccc(OC)c(F)c2)cc1. The van der Waals surface area contributed by atoms with E-state index < -0.39 is 0 Å². The minimum atomic E-state index is -0.350. The van der Waals surface area contributed by atoms with Crippen molar-refractivity contribution in [2.24, 2.45) is 0 Å². The monoisotopic (exact) mass is 261 g/mol. The zero-order valence-corrected chi connectivity index (χ0v) is 10.9. The molecule has 0 aliphatic heterocycles. The van der Waals surface area contributed by atoms with E-state index in [4.69, 9.17) is 9.47 Å². The standard InChI is InChI=1S/C15H16FNO2/c1-18-13-6-4-12(5-7-13)17-10-11-3-8-15(19-2)14(16)9-11/h3-9,17H,10H2,1-2H3. The lowest BCUT2D eigenvalue weighted by atomic mass is 10.2. The first-order chi connectivity index (χ1) is 9.22. The van der Waals surface area contributed by atoms with Gasteiger partial charge in [-0.3, -0.25) is 0 Å². The molecule has 0 saturated heterocycles. The van der Waals surface area contributed by atoms with Crippen LogP contribution >= 0.6 is 0 Å². The van der Waals surface area contributed by atoms with Crippen LogP contribution in [0.25, 0.3) is 0 Å². The fourth-order valence-electron chi connectivity index (χ4n) is 1.73. The molecule has 0 aromatic heterocycles. The average molecular weight is 261 g/mol. The quantitative estimate of drug-likeness (QED) is 0.894. The van der Waals surface area contributed by atoms with Crippen LogP contribution in [-0.2, 0) is 6.54 Å². The number of hydrogen-bond acceptors (Lipinski definition) is 3. The first-order valence-electron chi connectivity index (χ1n) is 5.93. The van der Waals surface area contributed by atoms with Gasteiger partial charge in [-0.25, -0.2) is 4.39 Å². The molecule has 0 heterocycles. The Morgan fingerprint density at radius 3 is 2.32 bits per heavy atom. The number of rotatable bonds is 5. The van der Waals surface area contributed by atoms with E-state index in [0.29, 0.717) is 6.54 Å². The molecule has 3 nitrogen and oxygen atoms in total. The van der Waals surface area contributed by atoms with E-state index in [1.165, 1.54) is 13.2 Å². The van der Waals surface area contributed by atoms with Gasteiger partial charge < -0.3 is 14.8 Å². The van der Waals surface area contributed by atoms with Crippen LogP contribution in [0.3, 0.4) is 0 Å². The lowest BCUT2D eigenvalue weighted by Crippen LogP contribution is -2.00. The Labute approximate surface area is 112 Å². The summed E-state index contributed by atoms with van der Waals surface area (Å²) >= 11 is 0. The van der Waals surface area contributed by atoms with Gasteiger partial charge in [0.05, 0.1) is 14.2 Å². The second-order valence-corrected chi connectivity index (χ2v) is 4.05. The highest BCUT2D eigenvalue weighted by Crippen LogP contribution is 2.19. The smallest absolute Gasteiger partial charge is 0.165 e. The highest BCUT2D eigenvalue weighted by atomic mass is 19.1. The molecule has 1 N–H and O–H groups in total. The number of benzene rings is 2. The van der Waals surface area contributed by atoms with Crippen molar-refractivity contribution in [1.29, 1.82) is 0 Å². The Morgan fingerprint density at radius 2 is 1.74 bits per heavy atom. The van der Waals surface area contributed by atoms with E-state index >= 15 is 0 Å². The lowest BCUT2D eigenvalue weighted by Gasteiger charge is -2.09. The summed E-state index contributed by atoms with van der Waals surface area (Å²) in [6.07, 6.45) is 0. The molecule has 0 fully saturated rings. The van der Waals surface area contributed by atoms with E-state index in [9.17, 15) is 4.39 Å². The van der Waals surface area contributed by atoms with Crippen molar-refractivity contribution in [3.8, 4) is 11.5 Å². The summed E-state index contributed by atoms with van der Waals surface area (Å²) in [5, 5.41) is 3.21. The summed E-state index contributed by atoms with van der Waals surface area (Å²) in [5.41, 5.74) is 1.81. The molecule has 0 unspecified atom stereocenters. The number of hydrogen-bond donors (Lipinski definition) is 1. The van der Waals surface area contributed by atoms with Gasteiger partial charge in [0.1, 0.15) is 5.75 Å². The minimum absolute atomic E-state index is 0.258. The largest absolute Gasteiger partial charge is 0.497 e. The van der Waals surface area contributed by atoms with Gasteiger partial charge in [-0.15, -0.1) is 0 Å². The van der Waals surface area contributed by atoms with Crippen molar-refractivity contribution in [3.05, 3.63) is 53.8 Å². The first-order valence-corrected chi connectivity index (χ1v) is 5.93. The van der Waals surface area contributed by atoms with Crippen LogP contribution in [0.2, 0.25) is 0 Å². The van der Waals surface area contributed by atoms with Crippen molar-refractivity contribution in [3.63, 3.8) is 0 Å². The molecular weight excluding hydrogens is 245 g/mol. The second kappa shape index (κ2) is 6.09. The minimum Gasteiger partial charge on any atom is -0.497 e. The average Bonchev–Trinajstić information content (AvgIpc) is 2.46. The fraction of sp³-hybridized carbons (Fsp3) is 0.200. The molecule has 4 heteroatoms. The number of halogens is 1. The Kier molecular flexibility index (Phi) is 4.23. The number of nitrogens with one attached hydrogen (secondary N) is 1. The van der Waals surface area contributed by atoms with Crippen LogP contribution in [0.5, 0.6) is 11.5 Å². The third-order valence-electron chi connectivity index (χ3n) is 2.80. The molecular formula is C15H16FNO2. The normalized spacial score (nSPS) is 10.1. The third-order valence-corrected chi connectivity index (χ3v) is 2.80. The molecule has 0 amide bonds. The molecule has 100 valence electrons. The number of anilines is 1. The predicted molar refractivity (Wildman–Crippen MR) is 73.3 cm³/mol. The summed E-state index contributed by atoms with van der Waals surface area (Å²) in [6.45, 7) is 0.549. The van der Waals surface area contributed by atoms with Gasteiger partial charge in [0.25, 0.3) is 0 Å². The Balaban J connectivity index is 1.99. The summed E-state index contributed by atoms with van der Waals surface area (Å²) in [6, 6.07) is 12.5. The third kappa shape index (κ3) is 3.37. The van der Waals surface area contributed by atoms with Crippen molar-refractivity contribution in [2.45, 2.75) is 6.54 Å². The van der Waals surface area contributed by atoms with Crippen LogP contribution in [0.15, 0.2) is 42.5 Å². The number of methoxy groups -OCH3 is 2. The molecule has 2 aromatic rings.